The average molecular weight is 409 g/mol. The second kappa shape index (κ2) is 8.69. The number of amides is 1. The van der Waals surface area contributed by atoms with E-state index in [0.717, 1.165) is 34.1 Å². The summed E-state index contributed by atoms with van der Waals surface area (Å²) in [4.78, 5) is 17.9. The first-order valence-corrected chi connectivity index (χ1v) is 10.8. The van der Waals surface area contributed by atoms with Gasteiger partial charge in [-0.15, -0.1) is 5.10 Å². The second-order valence-electron chi connectivity index (χ2n) is 6.90. The van der Waals surface area contributed by atoms with Gasteiger partial charge in [0.25, 0.3) is 5.91 Å². The summed E-state index contributed by atoms with van der Waals surface area (Å²) in [6, 6.07) is 15.4. The third-order valence-corrected chi connectivity index (χ3v) is 5.87. The molecular weight excluding hydrogens is 384 g/mol. The topological polar surface area (TPSA) is 66.3 Å². The van der Waals surface area contributed by atoms with Crippen LogP contribution in [0.3, 0.4) is 0 Å². The van der Waals surface area contributed by atoms with Crippen LogP contribution in [0, 0.1) is 0 Å². The fourth-order valence-electron chi connectivity index (χ4n) is 3.41. The normalized spacial score (nSPS) is 17.7. The lowest BCUT2D eigenvalue weighted by Gasteiger charge is -2.34. The van der Waals surface area contributed by atoms with Crippen LogP contribution in [-0.2, 0) is 4.79 Å². The molecule has 0 saturated heterocycles. The molecule has 2 aliphatic heterocycles. The van der Waals surface area contributed by atoms with Gasteiger partial charge in [-0.1, -0.05) is 61.9 Å². The summed E-state index contributed by atoms with van der Waals surface area (Å²) < 4.78 is 5.27. The van der Waals surface area contributed by atoms with Crippen molar-refractivity contribution in [2.45, 2.75) is 32.4 Å². The number of ether oxygens (including phenoxy) is 1. The van der Waals surface area contributed by atoms with E-state index in [9.17, 15) is 4.79 Å². The molecule has 1 N–H and O–H groups in total. The Labute approximate surface area is 174 Å². The van der Waals surface area contributed by atoms with E-state index in [2.05, 4.69) is 12.2 Å². The van der Waals surface area contributed by atoms with Gasteiger partial charge in [-0.25, -0.2) is 5.01 Å². The molecule has 0 bridgehead atoms. The standard InChI is InChI=1S/C22H24N4O2S/c1-3-4-7-14-29-22-24-21(27)19-17-8-5-6-9-18(17)23-20(26(19)25-22)15-10-12-16(28-2)13-11-15/h5-6,8-13,20H,3-4,7,14H2,1-2H3,(H,24,25,27). The predicted octanol–water partition coefficient (Wildman–Crippen LogP) is 2.76. The SMILES string of the molecule is CCCCCSC1=NN2C(=c3ccccc3=NC2c2ccc(OC)cc2)C(=O)N1. The van der Waals surface area contributed by atoms with Crippen LogP contribution in [0.4, 0.5) is 0 Å². The minimum Gasteiger partial charge on any atom is -0.497 e. The van der Waals surface area contributed by atoms with Crippen molar-refractivity contribution in [3.8, 4) is 5.75 Å². The second-order valence-corrected chi connectivity index (χ2v) is 7.98. The number of methoxy groups -OCH3 is 1. The van der Waals surface area contributed by atoms with E-state index in [4.69, 9.17) is 14.8 Å². The van der Waals surface area contributed by atoms with Gasteiger partial charge >= 0.3 is 0 Å². The highest BCUT2D eigenvalue weighted by atomic mass is 32.2. The summed E-state index contributed by atoms with van der Waals surface area (Å²) in [5, 5.41) is 11.7. The fourth-order valence-corrected chi connectivity index (χ4v) is 4.26. The number of carbonyl (C=O) groups is 1. The minimum atomic E-state index is -0.400. The van der Waals surface area contributed by atoms with Crippen LogP contribution in [-0.4, -0.2) is 28.9 Å². The number of hydrazone groups is 1. The molecule has 2 aromatic rings. The van der Waals surface area contributed by atoms with Gasteiger partial charge in [0.1, 0.15) is 11.4 Å². The molecule has 2 aromatic carbocycles. The van der Waals surface area contributed by atoms with Gasteiger partial charge in [-0.3, -0.25) is 15.1 Å². The van der Waals surface area contributed by atoms with Crippen molar-refractivity contribution in [2.24, 2.45) is 10.1 Å². The van der Waals surface area contributed by atoms with Gasteiger partial charge in [0.2, 0.25) is 0 Å². The quantitative estimate of drug-likeness (QED) is 0.747. The van der Waals surface area contributed by atoms with Crippen LogP contribution in [0.15, 0.2) is 58.6 Å². The van der Waals surface area contributed by atoms with Gasteiger partial charge in [-0.2, -0.15) is 0 Å². The summed E-state index contributed by atoms with van der Waals surface area (Å²) in [7, 11) is 1.64. The molecule has 2 heterocycles. The molecule has 1 unspecified atom stereocenters. The number of carbonyl (C=O) groups excluding carboxylic acids is 1. The van der Waals surface area contributed by atoms with Crippen LogP contribution in [0.5, 0.6) is 5.75 Å². The number of nitrogens with zero attached hydrogens (tertiary/aromatic N) is 3. The van der Waals surface area contributed by atoms with E-state index in [1.165, 1.54) is 12.8 Å². The lowest BCUT2D eigenvalue weighted by molar-refractivity contribution is -0.116. The first kappa shape index (κ1) is 19.5. The highest BCUT2D eigenvalue weighted by Gasteiger charge is 2.34. The van der Waals surface area contributed by atoms with Crippen LogP contribution in [0.1, 0.15) is 37.9 Å². The van der Waals surface area contributed by atoms with E-state index in [0.29, 0.717) is 10.9 Å². The van der Waals surface area contributed by atoms with Gasteiger partial charge in [0.05, 0.1) is 12.5 Å². The number of rotatable bonds is 6. The first-order chi connectivity index (χ1) is 14.2. The minimum absolute atomic E-state index is 0.140. The zero-order valence-corrected chi connectivity index (χ0v) is 17.4. The molecule has 0 aliphatic carbocycles. The summed E-state index contributed by atoms with van der Waals surface area (Å²) in [6.07, 6.45) is 3.04. The fraction of sp³-hybridized carbons (Fsp3) is 0.318. The van der Waals surface area contributed by atoms with Gasteiger partial charge in [0, 0.05) is 11.0 Å². The van der Waals surface area contributed by atoms with Gasteiger partial charge < -0.3 is 4.74 Å². The Bertz CT molecular complexity index is 1050. The molecule has 150 valence electrons. The van der Waals surface area contributed by atoms with Crippen LogP contribution < -0.4 is 20.6 Å². The molecule has 0 saturated carbocycles. The first-order valence-electron chi connectivity index (χ1n) is 9.84. The van der Waals surface area contributed by atoms with Crippen molar-refractivity contribution in [1.82, 2.24) is 10.3 Å². The zero-order valence-electron chi connectivity index (χ0n) is 16.6. The molecule has 7 heteroatoms. The Morgan fingerprint density at radius 3 is 2.69 bits per heavy atom. The number of unbranched alkanes of at least 4 members (excludes halogenated alkanes) is 2. The number of nitrogens with one attached hydrogen (secondary N) is 1. The van der Waals surface area contributed by atoms with Crippen molar-refractivity contribution in [3.63, 3.8) is 0 Å². The largest absolute Gasteiger partial charge is 0.497 e. The smallest absolute Gasteiger partial charge is 0.276 e. The third kappa shape index (κ3) is 4.00. The Hall–Kier alpha value is -2.80. The highest BCUT2D eigenvalue weighted by Crippen LogP contribution is 2.31. The number of hydrogen-bond donors (Lipinski definition) is 1. The van der Waals surface area contributed by atoms with Crippen molar-refractivity contribution < 1.29 is 9.53 Å². The number of para-hydroxylation sites is 1. The van der Waals surface area contributed by atoms with E-state index < -0.39 is 6.17 Å². The van der Waals surface area contributed by atoms with Gasteiger partial charge in [0.15, 0.2) is 11.3 Å². The van der Waals surface area contributed by atoms with Crippen LogP contribution in [0.2, 0.25) is 0 Å². The van der Waals surface area contributed by atoms with Crippen LogP contribution >= 0.6 is 11.8 Å². The number of hydrogen-bond acceptors (Lipinski definition) is 6. The Balaban J connectivity index is 1.75. The van der Waals surface area contributed by atoms with E-state index >= 15 is 0 Å². The van der Waals surface area contributed by atoms with Crippen molar-refractivity contribution in [1.29, 1.82) is 0 Å². The van der Waals surface area contributed by atoms with Gasteiger partial charge in [-0.05, 0) is 30.2 Å². The zero-order chi connectivity index (χ0) is 20.2. The molecule has 2 aliphatic rings. The summed E-state index contributed by atoms with van der Waals surface area (Å²) in [5.74, 6) is 1.57. The summed E-state index contributed by atoms with van der Waals surface area (Å²) >= 11 is 1.58. The molecule has 0 aromatic heterocycles. The molecule has 6 nitrogen and oxygen atoms in total. The number of benzene rings is 2. The third-order valence-electron chi connectivity index (χ3n) is 4.92. The maximum absolute atomic E-state index is 13.0. The van der Waals surface area contributed by atoms with E-state index in [1.807, 2.05) is 48.5 Å². The summed E-state index contributed by atoms with van der Waals surface area (Å²) in [6.45, 7) is 2.18. The Morgan fingerprint density at radius 2 is 1.93 bits per heavy atom. The molecule has 1 atom stereocenters. The molecule has 1 amide bonds. The predicted molar refractivity (Wildman–Crippen MR) is 116 cm³/mol. The Kier molecular flexibility index (Phi) is 5.85. The van der Waals surface area contributed by atoms with E-state index in [1.54, 1.807) is 23.9 Å². The maximum atomic E-state index is 13.0. The lowest BCUT2D eigenvalue weighted by atomic mass is 10.1. The molecular formula is C22H24N4O2S. The number of fused-ring (bicyclic) bond motifs is 2. The molecule has 0 spiro atoms. The van der Waals surface area contributed by atoms with Crippen molar-refractivity contribution >= 4 is 28.5 Å². The van der Waals surface area contributed by atoms with E-state index in [-0.39, 0.29) is 5.91 Å². The van der Waals surface area contributed by atoms with Crippen molar-refractivity contribution in [3.05, 3.63) is 64.7 Å². The number of thioether (sulfide) groups is 1. The summed E-state index contributed by atoms with van der Waals surface area (Å²) in [5.41, 5.74) is 1.49. The molecule has 0 radical (unpaired) electrons. The molecule has 4 rings (SSSR count). The monoisotopic (exact) mass is 408 g/mol. The maximum Gasteiger partial charge on any atom is 0.276 e. The number of amidine groups is 1. The lowest BCUT2D eigenvalue weighted by Crippen LogP contribution is -2.50. The van der Waals surface area contributed by atoms with Crippen LogP contribution in [0.25, 0.3) is 5.70 Å². The Morgan fingerprint density at radius 1 is 1.14 bits per heavy atom. The highest BCUT2D eigenvalue weighted by molar-refractivity contribution is 8.13. The molecule has 0 fully saturated rings. The molecule has 29 heavy (non-hydrogen) atoms. The van der Waals surface area contributed by atoms with Crippen molar-refractivity contribution in [2.75, 3.05) is 12.9 Å². The average Bonchev–Trinajstić information content (AvgIpc) is 2.76.